The molecular weight excluding hydrogens is 391 g/mol. The predicted molar refractivity (Wildman–Crippen MR) is 118 cm³/mol. The Kier molecular flexibility index (Phi) is 5.74. The number of carbonyl (C=O) groups excluding carboxylic acids is 1. The Morgan fingerprint density at radius 1 is 1.03 bits per heavy atom. The number of carbonyl (C=O) groups is 1. The molecule has 0 spiro atoms. The fraction of sp³-hybridized carbons (Fsp3) is 0.560. The number of fused-ring (bicyclic) bond motifs is 1. The molecule has 2 aromatic rings. The van der Waals surface area contributed by atoms with Crippen molar-refractivity contribution in [3.8, 4) is 0 Å². The summed E-state index contributed by atoms with van der Waals surface area (Å²) in [6, 6.07) is 7.06. The van der Waals surface area contributed by atoms with E-state index in [0.717, 1.165) is 41.4 Å². The van der Waals surface area contributed by atoms with Crippen LogP contribution in [0.3, 0.4) is 0 Å². The lowest BCUT2D eigenvalue weighted by Crippen LogP contribution is -2.43. The van der Waals surface area contributed by atoms with Gasteiger partial charge in [0.15, 0.2) is 0 Å². The van der Waals surface area contributed by atoms with Gasteiger partial charge in [-0.25, -0.2) is 14.4 Å². The zero-order valence-corrected chi connectivity index (χ0v) is 18.3. The Labute approximate surface area is 183 Å². The van der Waals surface area contributed by atoms with Gasteiger partial charge in [-0.1, -0.05) is 31.4 Å². The SMILES string of the molecule is Cc1nc([C@@H]2CCCN(C3CCCCC3)C2)nc2c1CC(=O)N2Cc1ccc(F)cc1. The molecule has 1 aliphatic carbocycles. The molecule has 0 bridgehead atoms. The van der Waals surface area contributed by atoms with Crippen LogP contribution in [0.2, 0.25) is 0 Å². The second kappa shape index (κ2) is 8.65. The summed E-state index contributed by atoms with van der Waals surface area (Å²) in [5.41, 5.74) is 2.77. The number of nitrogens with zero attached hydrogens (tertiary/aromatic N) is 4. The maximum absolute atomic E-state index is 13.3. The summed E-state index contributed by atoms with van der Waals surface area (Å²) in [7, 11) is 0. The van der Waals surface area contributed by atoms with Gasteiger partial charge in [-0.15, -0.1) is 0 Å². The molecule has 1 atom stereocenters. The zero-order valence-electron chi connectivity index (χ0n) is 18.3. The van der Waals surface area contributed by atoms with Gasteiger partial charge in [0.05, 0.1) is 13.0 Å². The van der Waals surface area contributed by atoms with Gasteiger partial charge < -0.3 is 0 Å². The molecule has 3 heterocycles. The van der Waals surface area contributed by atoms with Crippen molar-refractivity contribution in [2.24, 2.45) is 0 Å². The normalized spacial score (nSPS) is 22.7. The molecule has 2 aliphatic heterocycles. The number of anilines is 1. The number of hydrogen-bond acceptors (Lipinski definition) is 4. The van der Waals surface area contributed by atoms with Crippen molar-refractivity contribution in [1.29, 1.82) is 0 Å². The quantitative estimate of drug-likeness (QED) is 0.727. The summed E-state index contributed by atoms with van der Waals surface area (Å²) in [6.45, 7) is 4.62. The minimum absolute atomic E-state index is 0.0429. The van der Waals surface area contributed by atoms with Crippen LogP contribution in [0.5, 0.6) is 0 Å². The molecule has 1 aromatic heterocycles. The van der Waals surface area contributed by atoms with Gasteiger partial charge in [0.2, 0.25) is 5.91 Å². The summed E-state index contributed by atoms with van der Waals surface area (Å²) in [4.78, 5) is 27.0. The highest BCUT2D eigenvalue weighted by Crippen LogP contribution is 2.35. The van der Waals surface area contributed by atoms with E-state index in [4.69, 9.17) is 9.97 Å². The van der Waals surface area contributed by atoms with Crippen LogP contribution in [0.4, 0.5) is 10.2 Å². The van der Waals surface area contributed by atoms with E-state index in [9.17, 15) is 9.18 Å². The molecule has 31 heavy (non-hydrogen) atoms. The Hall–Kier alpha value is -2.34. The van der Waals surface area contributed by atoms with Crippen LogP contribution in [0, 0.1) is 12.7 Å². The third kappa shape index (κ3) is 4.22. The smallest absolute Gasteiger partial charge is 0.233 e. The van der Waals surface area contributed by atoms with E-state index < -0.39 is 0 Å². The number of halogens is 1. The van der Waals surface area contributed by atoms with Crippen molar-refractivity contribution < 1.29 is 9.18 Å². The first-order valence-corrected chi connectivity index (χ1v) is 11.7. The molecule has 1 aromatic carbocycles. The molecule has 5 rings (SSSR count). The van der Waals surface area contributed by atoms with Gasteiger partial charge in [0, 0.05) is 29.8 Å². The minimum atomic E-state index is -0.267. The Morgan fingerprint density at radius 3 is 2.58 bits per heavy atom. The lowest BCUT2D eigenvalue weighted by atomic mass is 9.90. The average molecular weight is 423 g/mol. The molecule has 1 amide bonds. The predicted octanol–water partition coefficient (Wildman–Crippen LogP) is 4.53. The van der Waals surface area contributed by atoms with Gasteiger partial charge >= 0.3 is 0 Å². The van der Waals surface area contributed by atoms with Gasteiger partial charge in [-0.2, -0.15) is 0 Å². The second-order valence-corrected chi connectivity index (χ2v) is 9.38. The number of rotatable bonds is 4. The van der Waals surface area contributed by atoms with Crippen LogP contribution < -0.4 is 4.90 Å². The molecule has 0 N–H and O–H groups in total. The number of aromatic nitrogens is 2. The van der Waals surface area contributed by atoms with Crippen molar-refractivity contribution in [3.63, 3.8) is 0 Å². The molecular formula is C25H31FN4O. The van der Waals surface area contributed by atoms with Crippen LogP contribution >= 0.6 is 0 Å². The first-order valence-electron chi connectivity index (χ1n) is 11.7. The number of likely N-dealkylation sites (tertiary alicyclic amines) is 1. The van der Waals surface area contributed by atoms with Crippen LogP contribution in [-0.4, -0.2) is 39.9 Å². The molecule has 3 aliphatic rings. The summed E-state index contributed by atoms with van der Waals surface area (Å²) in [5, 5.41) is 0. The largest absolute Gasteiger partial charge is 0.300 e. The third-order valence-electron chi connectivity index (χ3n) is 7.26. The maximum atomic E-state index is 13.3. The topological polar surface area (TPSA) is 49.3 Å². The Bertz CT molecular complexity index is 955. The van der Waals surface area contributed by atoms with E-state index >= 15 is 0 Å². The second-order valence-electron chi connectivity index (χ2n) is 9.38. The lowest BCUT2D eigenvalue weighted by Gasteiger charge is -2.39. The van der Waals surface area contributed by atoms with Crippen LogP contribution in [0.15, 0.2) is 24.3 Å². The molecule has 5 nitrogen and oxygen atoms in total. The van der Waals surface area contributed by atoms with Crippen molar-refractivity contribution in [2.45, 2.75) is 76.8 Å². The third-order valence-corrected chi connectivity index (χ3v) is 7.26. The van der Waals surface area contributed by atoms with E-state index in [2.05, 4.69) is 4.90 Å². The van der Waals surface area contributed by atoms with Gasteiger partial charge in [-0.05, 0) is 56.8 Å². The summed E-state index contributed by atoms with van der Waals surface area (Å²) >= 11 is 0. The molecule has 6 heteroatoms. The van der Waals surface area contributed by atoms with E-state index in [1.807, 2.05) is 6.92 Å². The Morgan fingerprint density at radius 2 is 1.81 bits per heavy atom. The average Bonchev–Trinajstić information content (AvgIpc) is 3.12. The highest BCUT2D eigenvalue weighted by Gasteiger charge is 2.34. The van der Waals surface area contributed by atoms with Crippen molar-refractivity contribution >= 4 is 11.7 Å². The Balaban J connectivity index is 1.39. The fourth-order valence-electron chi connectivity index (χ4n) is 5.51. The van der Waals surface area contributed by atoms with Crippen LogP contribution in [0.1, 0.15) is 73.5 Å². The number of amides is 1. The number of hydrogen-bond donors (Lipinski definition) is 0. The van der Waals surface area contributed by atoms with Crippen molar-refractivity contribution in [3.05, 3.63) is 52.7 Å². The summed E-state index contributed by atoms with van der Waals surface area (Å²) in [5.74, 6) is 1.74. The molecule has 0 unspecified atom stereocenters. The van der Waals surface area contributed by atoms with E-state index in [1.54, 1.807) is 17.0 Å². The molecule has 1 saturated carbocycles. The standard InChI is InChI=1S/C25H31FN4O/c1-17-22-14-23(31)30(15-18-9-11-20(26)12-10-18)25(22)28-24(27-17)19-6-5-13-29(16-19)21-7-3-2-4-8-21/h9-12,19,21H,2-8,13-16H2,1H3/t19-/m1/s1. The van der Waals surface area contributed by atoms with Gasteiger partial charge in [0.25, 0.3) is 0 Å². The van der Waals surface area contributed by atoms with Gasteiger partial charge in [-0.3, -0.25) is 14.6 Å². The summed E-state index contributed by atoms with van der Waals surface area (Å²) < 4.78 is 13.3. The van der Waals surface area contributed by atoms with Crippen molar-refractivity contribution in [1.82, 2.24) is 14.9 Å². The first-order chi connectivity index (χ1) is 15.1. The minimum Gasteiger partial charge on any atom is -0.300 e. The monoisotopic (exact) mass is 422 g/mol. The van der Waals surface area contributed by atoms with Crippen molar-refractivity contribution in [2.75, 3.05) is 18.0 Å². The van der Waals surface area contributed by atoms with Gasteiger partial charge in [0.1, 0.15) is 17.5 Å². The molecule has 1 saturated heterocycles. The number of benzene rings is 1. The number of aryl methyl sites for hydroxylation is 1. The van der Waals surface area contributed by atoms with Crippen LogP contribution in [-0.2, 0) is 17.8 Å². The van der Waals surface area contributed by atoms with E-state index in [1.165, 1.54) is 57.2 Å². The molecule has 164 valence electrons. The highest BCUT2D eigenvalue weighted by atomic mass is 19.1. The highest BCUT2D eigenvalue weighted by molar-refractivity contribution is 6.00. The number of piperidine rings is 1. The molecule has 2 fully saturated rings. The van der Waals surface area contributed by atoms with E-state index in [-0.39, 0.29) is 11.7 Å². The lowest BCUT2D eigenvalue weighted by molar-refractivity contribution is -0.117. The molecule has 0 radical (unpaired) electrons. The van der Waals surface area contributed by atoms with E-state index in [0.29, 0.717) is 24.9 Å². The fourth-order valence-corrected chi connectivity index (χ4v) is 5.51. The maximum Gasteiger partial charge on any atom is 0.233 e. The zero-order chi connectivity index (χ0) is 21.4. The summed E-state index contributed by atoms with van der Waals surface area (Å²) in [6.07, 6.45) is 9.33. The van der Waals surface area contributed by atoms with Crippen LogP contribution in [0.25, 0.3) is 0 Å². The first kappa shape index (κ1) is 20.6.